The van der Waals surface area contributed by atoms with Gasteiger partial charge in [-0.25, -0.2) is 0 Å². The van der Waals surface area contributed by atoms with Gasteiger partial charge in [0.15, 0.2) is 0 Å². The molecule has 0 bridgehead atoms. The first-order chi connectivity index (χ1) is 55.5. The molecule has 0 spiro atoms. The number of aromatic nitrogens is 4. The fourth-order valence-corrected chi connectivity index (χ4v) is 17.4. The molecule has 22 rings (SSSR count). The van der Waals surface area contributed by atoms with E-state index in [-0.39, 0.29) is 0 Å². The summed E-state index contributed by atoms with van der Waals surface area (Å²) >= 11 is 0. The minimum Gasteiger partial charge on any atom is -0.309 e. The topological polar surface area (TPSA) is 19.7 Å². The van der Waals surface area contributed by atoms with E-state index in [4.69, 9.17) is 0 Å². The predicted molar refractivity (Wildman–Crippen MR) is 474 cm³/mol. The highest BCUT2D eigenvalue weighted by Gasteiger charge is 2.21. The van der Waals surface area contributed by atoms with E-state index >= 15 is 0 Å². The maximum absolute atomic E-state index is 2.43. The second-order valence-corrected chi connectivity index (χ2v) is 29.1. The number of para-hydroxylation sites is 4. The van der Waals surface area contributed by atoms with E-state index in [9.17, 15) is 0 Å². The van der Waals surface area contributed by atoms with Gasteiger partial charge in [-0.2, -0.15) is 0 Å². The molecule has 0 atom stereocenters. The van der Waals surface area contributed by atoms with Gasteiger partial charge in [-0.3, -0.25) is 0 Å². The lowest BCUT2D eigenvalue weighted by molar-refractivity contribution is 1.18. The minimum atomic E-state index is 1.15. The number of benzene rings is 18. The molecule has 4 heteroatoms. The zero-order valence-electron chi connectivity index (χ0n) is 61.4. The van der Waals surface area contributed by atoms with Crippen molar-refractivity contribution in [2.24, 2.45) is 0 Å². The normalized spacial score (nSPS) is 11.6. The number of hydrogen-bond donors (Lipinski definition) is 0. The average molecular weight is 1430 g/mol. The van der Waals surface area contributed by atoms with Crippen molar-refractivity contribution >= 4 is 87.2 Å². The molecule has 0 aliphatic heterocycles. The van der Waals surface area contributed by atoms with E-state index in [1.54, 1.807) is 0 Å². The Bertz CT molecular complexity index is 7360. The molecule has 0 fully saturated rings. The van der Waals surface area contributed by atoms with Crippen LogP contribution >= 0.6 is 0 Å². The van der Waals surface area contributed by atoms with Crippen molar-refractivity contribution < 1.29 is 0 Å². The third-order valence-corrected chi connectivity index (χ3v) is 22.6. The molecule has 0 radical (unpaired) electrons. The van der Waals surface area contributed by atoms with E-state index in [1.165, 1.54) is 176 Å². The van der Waals surface area contributed by atoms with E-state index in [0.717, 1.165) is 22.7 Å². The number of hydrogen-bond acceptors (Lipinski definition) is 0. The molecule has 0 aliphatic rings. The van der Waals surface area contributed by atoms with Gasteiger partial charge >= 0.3 is 0 Å². The van der Waals surface area contributed by atoms with Crippen LogP contribution in [0.5, 0.6) is 0 Å². The van der Waals surface area contributed by atoms with Crippen molar-refractivity contribution in [2.75, 3.05) is 0 Å². The van der Waals surface area contributed by atoms with Gasteiger partial charge in [0.1, 0.15) is 0 Å². The Labute approximate surface area is 649 Å². The first-order valence-corrected chi connectivity index (χ1v) is 38.5. The smallest absolute Gasteiger partial charge is 0.0547 e. The van der Waals surface area contributed by atoms with Crippen molar-refractivity contribution in [2.45, 2.75) is 0 Å². The Morgan fingerprint density at radius 2 is 0.330 bits per heavy atom. The molecule has 0 unspecified atom stereocenters. The summed E-state index contributed by atoms with van der Waals surface area (Å²) in [6, 6.07) is 159. The average Bonchev–Trinajstić information content (AvgIpc) is 1.60. The van der Waals surface area contributed by atoms with Crippen LogP contribution in [-0.2, 0) is 0 Å². The first kappa shape index (κ1) is 65.5. The van der Waals surface area contributed by atoms with Gasteiger partial charge in [0.05, 0.1) is 44.1 Å². The van der Waals surface area contributed by atoms with Crippen LogP contribution in [0.2, 0.25) is 0 Å². The SMILES string of the molecule is c1ccc(-c2cccc(-n3c4ccccc4c4cc(-c5cccc(-c6ccc7c8ccccc8n(-c8cccc(-c9ccccc9)c8)c7c6)c5)ccc43)c2)cc1.c1ccc(-c2cccc(-n3c4ccccc4c4cc(-c5ccccc5-c5ccc6c7ccccc7n(-c7cccc(-c8ccccc8)c7)c6c5)ccc43)c2)cc1. The molecule has 22 aromatic rings. The maximum atomic E-state index is 2.43. The molecule has 18 aromatic carbocycles. The van der Waals surface area contributed by atoms with Gasteiger partial charge in [-0.1, -0.05) is 322 Å². The first-order valence-electron chi connectivity index (χ1n) is 38.5. The van der Waals surface area contributed by atoms with Crippen LogP contribution < -0.4 is 0 Å². The number of fused-ring (bicyclic) bond motifs is 12. The van der Waals surface area contributed by atoms with Gasteiger partial charge in [0.2, 0.25) is 0 Å². The summed E-state index contributed by atoms with van der Waals surface area (Å²) < 4.78 is 9.66. The van der Waals surface area contributed by atoms with Crippen molar-refractivity contribution in [3.63, 3.8) is 0 Å². The van der Waals surface area contributed by atoms with Crippen LogP contribution in [0.15, 0.2) is 437 Å². The van der Waals surface area contributed by atoms with Crippen LogP contribution in [0.25, 0.3) is 199 Å². The molecule has 4 aromatic heterocycles. The molecule has 0 saturated heterocycles. The van der Waals surface area contributed by atoms with Crippen molar-refractivity contribution in [3.8, 4) is 112 Å². The van der Waals surface area contributed by atoms with Crippen molar-refractivity contribution in [3.05, 3.63) is 437 Å². The highest BCUT2D eigenvalue weighted by atomic mass is 15.0. The molecule has 0 aliphatic carbocycles. The molecule has 4 nitrogen and oxygen atoms in total. The van der Waals surface area contributed by atoms with Crippen molar-refractivity contribution in [1.82, 2.24) is 18.3 Å². The molecule has 524 valence electrons. The highest BCUT2D eigenvalue weighted by molar-refractivity contribution is 6.15. The Hall–Kier alpha value is -14.8. The largest absolute Gasteiger partial charge is 0.309 e. The van der Waals surface area contributed by atoms with Crippen molar-refractivity contribution in [1.29, 1.82) is 0 Å². The minimum absolute atomic E-state index is 1.15. The van der Waals surface area contributed by atoms with E-state index < -0.39 is 0 Å². The molecule has 4 heterocycles. The van der Waals surface area contributed by atoms with Crippen LogP contribution in [0.4, 0.5) is 0 Å². The number of rotatable bonds is 12. The van der Waals surface area contributed by atoms with E-state index in [0.29, 0.717) is 0 Å². The molecular weight excluding hydrogens is 1350 g/mol. The zero-order valence-corrected chi connectivity index (χ0v) is 61.4. The Balaban J connectivity index is 0.000000141. The summed E-state index contributed by atoms with van der Waals surface area (Å²) in [6.07, 6.45) is 0. The summed E-state index contributed by atoms with van der Waals surface area (Å²) in [5, 5.41) is 10.00. The third kappa shape index (κ3) is 11.6. The van der Waals surface area contributed by atoms with E-state index in [1.807, 2.05) is 0 Å². The Morgan fingerprint density at radius 1 is 0.107 bits per heavy atom. The molecular formula is C108H72N4. The second-order valence-electron chi connectivity index (χ2n) is 29.1. The molecule has 0 N–H and O–H groups in total. The lowest BCUT2D eigenvalue weighted by Gasteiger charge is -2.14. The summed E-state index contributed by atoms with van der Waals surface area (Å²) in [4.78, 5) is 0. The number of nitrogens with zero attached hydrogens (tertiary/aromatic N) is 4. The second kappa shape index (κ2) is 27.7. The molecule has 112 heavy (non-hydrogen) atoms. The summed E-state index contributed by atoms with van der Waals surface area (Å²) in [5.41, 5.74) is 33.5. The van der Waals surface area contributed by atoms with Gasteiger partial charge < -0.3 is 18.3 Å². The fraction of sp³-hybridized carbons (Fsp3) is 0. The lowest BCUT2D eigenvalue weighted by atomic mass is 9.93. The standard InChI is InChI=1S/2C54H36N2/c1-3-14-37(15-4-1)41-20-12-22-45(33-41)55-52-27-10-8-25-48(52)50-35-43(29-31-53(50)55)39-18-11-19-40(32-39)44-28-30-49-47-24-7-9-26-51(47)56(54(49)36-44)46-23-13-21-42(34-46)38-16-5-2-6-17-38;1-3-15-37(16-4-1)39-19-13-21-43(33-39)55-52-28-12-10-26-48(52)50-35-41(30-32-53(50)55)45-23-7-8-24-46(45)42-29-31-49-47-25-9-11-27-51(47)56(54(49)36-42)44-22-14-20-40(34-44)38-17-5-2-6-18-38/h2*1-36H. The fourth-order valence-electron chi connectivity index (χ4n) is 17.4. The lowest BCUT2D eigenvalue weighted by Crippen LogP contribution is -1.95. The summed E-state index contributed by atoms with van der Waals surface area (Å²) in [6.45, 7) is 0. The summed E-state index contributed by atoms with van der Waals surface area (Å²) in [5.74, 6) is 0. The quantitative estimate of drug-likeness (QED) is 0.116. The monoisotopic (exact) mass is 1420 g/mol. The third-order valence-electron chi connectivity index (χ3n) is 22.6. The van der Waals surface area contributed by atoms with Crippen LogP contribution in [0, 0.1) is 0 Å². The van der Waals surface area contributed by atoms with Crippen LogP contribution in [0.3, 0.4) is 0 Å². The zero-order chi connectivity index (χ0) is 74.0. The van der Waals surface area contributed by atoms with Crippen LogP contribution in [0.1, 0.15) is 0 Å². The van der Waals surface area contributed by atoms with E-state index in [2.05, 4.69) is 455 Å². The maximum Gasteiger partial charge on any atom is 0.0547 e. The summed E-state index contributed by atoms with van der Waals surface area (Å²) in [7, 11) is 0. The Morgan fingerprint density at radius 3 is 0.714 bits per heavy atom. The molecule has 0 amide bonds. The Kier molecular flexibility index (Phi) is 16.2. The van der Waals surface area contributed by atoms with Gasteiger partial charge in [-0.15, -0.1) is 0 Å². The predicted octanol–water partition coefficient (Wildman–Crippen LogP) is 29.1. The van der Waals surface area contributed by atoms with Gasteiger partial charge in [0.25, 0.3) is 0 Å². The highest BCUT2D eigenvalue weighted by Crippen LogP contribution is 2.44. The van der Waals surface area contributed by atoms with Crippen LogP contribution in [-0.4, -0.2) is 18.3 Å². The van der Waals surface area contributed by atoms with Gasteiger partial charge in [0, 0.05) is 65.8 Å². The molecule has 0 saturated carbocycles. The van der Waals surface area contributed by atoms with Gasteiger partial charge in [-0.05, 0) is 204 Å².